The van der Waals surface area contributed by atoms with Crippen LogP contribution in [0.4, 0.5) is 11.4 Å². The van der Waals surface area contributed by atoms with E-state index in [9.17, 15) is 14.4 Å². The van der Waals surface area contributed by atoms with Crippen LogP contribution < -0.4 is 10.2 Å². The van der Waals surface area contributed by atoms with Crippen molar-refractivity contribution in [3.8, 4) is 0 Å². The molecule has 7 heteroatoms. The highest BCUT2D eigenvalue weighted by molar-refractivity contribution is 7.99. The lowest BCUT2D eigenvalue weighted by atomic mass is 10.1. The van der Waals surface area contributed by atoms with Gasteiger partial charge in [0.25, 0.3) is 5.91 Å². The molecular formula is C23H27N3O3S. The molecule has 0 unspecified atom stereocenters. The maximum atomic E-state index is 12.7. The van der Waals surface area contributed by atoms with Crippen LogP contribution in [-0.2, 0) is 9.59 Å². The maximum absolute atomic E-state index is 12.7. The van der Waals surface area contributed by atoms with Gasteiger partial charge >= 0.3 is 0 Å². The van der Waals surface area contributed by atoms with Crippen LogP contribution in [0.25, 0.3) is 0 Å². The number of fused-ring (bicyclic) bond motifs is 1. The number of hydrogen-bond donors (Lipinski definition) is 1. The molecule has 0 fully saturated rings. The molecule has 1 heterocycles. The molecule has 0 saturated heterocycles. The number of rotatable bonds is 7. The Balaban J connectivity index is 1.57. The second-order valence-electron chi connectivity index (χ2n) is 6.97. The highest BCUT2D eigenvalue weighted by atomic mass is 32.2. The fourth-order valence-corrected chi connectivity index (χ4v) is 4.43. The van der Waals surface area contributed by atoms with Crippen molar-refractivity contribution >= 4 is 40.9 Å². The van der Waals surface area contributed by atoms with Gasteiger partial charge in [0, 0.05) is 54.4 Å². The van der Waals surface area contributed by atoms with Crippen molar-refractivity contribution in [2.45, 2.75) is 31.6 Å². The topological polar surface area (TPSA) is 69.7 Å². The van der Waals surface area contributed by atoms with Crippen molar-refractivity contribution in [2.75, 3.05) is 35.6 Å². The maximum Gasteiger partial charge on any atom is 0.253 e. The van der Waals surface area contributed by atoms with Crippen LogP contribution in [0.3, 0.4) is 0 Å². The lowest BCUT2D eigenvalue weighted by Crippen LogP contribution is -2.35. The third-order valence-corrected chi connectivity index (χ3v) is 6.08. The molecule has 1 N–H and O–H groups in total. The van der Waals surface area contributed by atoms with Gasteiger partial charge in [0.15, 0.2) is 0 Å². The van der Waals surface area contributed by atoms with E-state index in [1.807, 2.05) is 38.1 Å². The molecule has 0 spiro atoms. The Morgan fingerprint density at radius 3 is 2.57 bits per heavy atom. The molecule has 0 aromatic heterocycles. The lowest BCUT2D eigenvalue weighted by molar-refractivity contribution is -0.122. The van der Waals surface area contributed by atoms with Gasteiger partial charge < -0.3 is 15.1 Å². The molecule has 158 valence electrons. The van der Waals surface area contributed by atoms with Crippen LogP contribution in [0.2, 0.25) is 0 Å². The highest BCUT2D eigenvalue weighted by Gasteiger charge is 2.23. The summed E-state index contributed by atoms with van der Waals surface area (Å²) in [4.78, 5) is 42.2. The minimum Gasteiger partial charge on any atom is -0.339 e. The molecule has 2 aromatic rings. The highest BCUT2D eigenvalue weighted by Crippen LogP contribution is 2.34. The van der Waals surface area contributed by atoms with Crippen LogP contribution in [0.5, 0.6) is 0 Å². The summed E-state index contributed by atoms with van der Waals surface area (Å²) in [7, 11) is 0. The predicted octanol–water partition coefficient (Wildman–Crippen LogP) is 4.03. The van der Waals surface area contributed by atoms with Gasteiger partial charge in [-0.25, -0.2) is 0 Å². The molecule has 3 rings (SSSR count). The van der Waals surface area contributed by atoms with Crippen molar-refractivity contribution in [2.24, 2.45) is 0 Å². The van der Waals surface area contributed by atoms with E-state index >= 15 is 0 Å². The van der Waals surface area contributed by atoms with Crippen molar-refractivity contribution < 1.29 is 14.4 Å². The SMILES string of the molecule is CCN(CC)C(=O)c1cccc(NC(=O)CCC(=O)N2CCSc3ccccc32)c1. The van der Waals surface area contributed by atoms with Gasteiger partial charge in [-0.2, -0.15) is 0 Å². The Morgan fingerprint density at radius 1 is 1.03 bits per heavy atom. The Bertz CT molecular complexity index is 927. The summed E-state index contributed by atoms with van der Waals surface area (Å²) in [5, 5.41) is 2.81. The molecular weight excluding hydrogens is 398 g/mol. The third kappa shape index (κ3) is 5.21. The van der Waals surface area contributed by atoms with E-state index in [0.29, 0.717) is 30.9 Å². The van der Waals surface area contributed by atoms with E-state index in [2.05, 4.69) is 5.32 Å². The molecule has 30 heavy (non-hydrogen) atoms. The molecule has 0 atom stereocenters. The van der Waals surface area contributed by atoms with E-state index < -0.39 is 0 Å². The van der Waals surface area contributed by atoms with Crippen LogP contribution in [-0.4, -0.2) is 48.0 Å². The fourth-order valence-electron chi connectivity index (χ4n) is 3.43. The number of para-hydroxylation sites is 1. The van der Waals surface area contributed by atoms with Crippen LogP contribution in [0, 0.1) is 0 Å². The summed E-state index contributed by atoms with van der Waals surface area (Å²) in [6.45, 7) is 5.78. The monoisotopic (exact) mass is 425 g/mol. The zero-order chi connectivity index (χ0) is 21.5. The number of nitrogens with zero attached hydrogens (tertiary/aromatic N) is 2. The fraction of sp³-hybridized carbons (Fsp3) is 0.348. The Morgan fingerprint density at radius 2 is 1.80 bits per heavy atom. The quantitative estimate of drug-likeness (QED) is 0.727. The van der Waals surface area contributed by atoms with Crippen LogP contribution in [0.1, 0.15) is 37.0 Å². The minimum atomic E-state index is -0.240. The first kappa shape index (κ1) is 21.9. The smallest absolute Gasteiger partial charge is 0.253 e. The van der Waals surface area contributed by atoms with Crippen LogP contribution in [0.15, 0.2) is 53.4 Å². The standard InChI is InChI=1S/C23H27N3O3S/c1-3-25(4-2)23(29)17-8-7-9-18(16-17)24-21(27)12-13-22(28)26-14-15-30-20-11-6-5-10-19(20)26/h5-11,16H,3-4,12-15H2,1-2H3,(H,24,27). The van der Waals surface area contributed by atoms with Crippen LogP contribution >= 0.6 is 11.8 Å². The van der Waals surface area contributed by atoms with E-state index in [0.717, 1.165) is 16.3 Å². The normalized spacial score (nSPS) is 12.8. The summed E-state index contributed by atoms with van der Waals surface area (Å²) in [5.74, 6) is 0.495. The number of anilines is 2. The number of benzene rings is 2. The minimum absolute atomic E-state index is 0.0524. The number of nitrogens with one attached hydrogen (secondary N) is 1. The number of hydrogen-bond acceptors (Lipinski definition) is 4. The zero-order valence-corrected chi connectivity index (χ0v) is 18.2. The van der Waals surface area contributed by atoms with E-state index in [1.165, 1.54) is 0 Å². The van der Waals surface area contributed by atoms with Gasteiger partial charge in [-0.3, -0.25) is 14.4 Å². The molecule has 0 saturated carbocycles. The lowest BCUT2D eigenvalue weighted by Gasteiger charge is -2.29. The average Bonchev–Trinajstić information content (AvgIpc) is 2.78. The molecule has 3 amide bonds. The summed E-state index contributed by atoms with van der Waals surface area (Å²) >= 11 is 1.74. The van der Waals surface area contributed by atoms with E-state index in [1.54, 1.807) is 45.8 Å². The molecule has 1 aliphatic heterocycles. The van der Waals surface area contributed by atoms with Crippen molar-refractivity contribution in [3.05, 3.63) is 54.1 Å². The summed E-state index contributed by atoms with van der Waals surface area (Å²) in [5.41, 5.74) is 2.02. The van der Waals surface area contributed by atoms with Gasteiger partial charge in [0.2, 0.25) is 11.8 Å². The molecule has 1 aliphatic rings. The largest absolute Gasteiger partial charge is 0.339 e. The second-order valence-corrected chi connectivity index (χ2v) is 8.10. The summed E-state index contributed by atoms with van der Waals surface area (Å²) in [6, 6.07) is 14.8. The number of carbonyl (C=O) groups excluding carboxylic acids is 3. The van der Waals surface area contributed by atoms with Crippen molar-refractivity contribution in [1.29, 1.82) is 0 Å². The van der Waals surface area contributed by atoms with Crippen molar-refractivity contribution in [3.63, 3.8) is 0 Å². The number of carbonyl (C=O) groups is 3. The molecule has 0 aliphatic carbocycles. The first-order valence-electron chi connectivity index (χ1n) is 10.2. The number of amides is 3. The van der Waals surface area contributed by atoms with Gasteiger partial charge in [-0.15, -0.1) is 11.8 Å². The number of thioether (sulfide) groups is 1. The molecule has 6 nitrogen and oxygen atoms in total. The Kier molecular flexibility index (Phi) is 7.52. The average molecular weight is 426 g/mol. The zero-order valence-electron chi connectivity index (χ0n) is 17.4. The van der Waals surface area contributed by atoms with E-state index in [-0.39, 0.29) is 30.6 Å². The summed E-state index contributed by atoms with van der Waals surface area (Å²) < 4.78 is 0. The second kappa shape index (κ2) is 10.3. The van der Waals surface area contributed by atoms with E-state index in [4.69, 9.17) is 0 Å². The first-order chi connectivity index (χ1) is 14.5. The molecule has 0 bridgehead atoms. The van der Waals surface area contributed by atoms with Gasteiger partial charge in [-0.1, -0.05) is 18.2 Å². The Labute approximate surface area is 181 Å². The summed E-state index contributed by atoms with van der Waals surface area (Å²) in [6.07, 6.45) is 0.238. The Hall–Kier alpha value is -2.80. The molecule has 0 radical (unpaired) electrons. The third-order valence-electron chi connectivity index (χ3n) is 5.04. The van der Waals surface area contributed by atoms with Gasteiger partial charge in [0.05, 0.1) is 5.69 Å². The first-order valence-corrected chi connectivity index (χ1v) is 11.2. The predicted molar refractivity (Wildman–Crippen MR) is 121 cm³/mol. The molecule has 2 aromatic carbocycles. The van der Waals surface area contributed by atoms with Gasteiger partial charge in [-0.05, 0) is 44.2 Å². The van der Waals surface area contributed by atoms with Gasteiger partial charge in [0.1, 0.15) is 0 Å². The van der Waals surface area contributed by atoms with Crippen molar-refractivity contribution in [1.82, 2.24) is 4.90 Å².